The van der Waals surface area contributed by atoms with Gasteiger partial charge in [-0.1, -0.05) is 43.1 Å². The van der Waals surface area contributed by atoms with Gasteiger partial charge in [-0.15, -0.1) is 0 Å². The van der Waals surface area contributed by atoms with Crippen molar-refractivity contribution in [2.24, 2.45) is 0 Å². The number of carbonyl (C=O) groups is 3. The molecule has 0 saturated heterocycles. The largest absolute Gasteiger partial charge is 0.497 e. The van der Waals surface area contributed by atoms with Crippen molar-refractivity contribution < 1.29 is 23.9 Å². The molecule has 0 aromatic heterocycles. The number of carbonyl (C=O) groups excluding carboxylic acids is 3. The molecule has 0 fully saturated rings. The highest BCUT2D eigenvalue weighted by atomic mass is 35.5. The molecule has 7 nitrogen and oxygen atoms in total. The van der Waals surface area contributed by atoms with Crippen molar-refractivity contribution in [1.29, 1.82) is 0 Å². The van der Waals surface area contributed by atoms with Gasteiger partial charge in [-0.3, -0.25) is 9.59 Å². The number of amides is 2. The van der Waals surface area contributed by atoms with E-state index in [-0.39, 0.29) is 10.7 Å². The van der Waals surface area contributed by atoms with E-state index in [1.54, 1.807) is 60.7 Å². The van der Waals surface area contributed by atoms with Crippen LogP contribution < -0.4 is 19.7 Å². The van der Waals surface area contributed by atoms with Crippen molar-refractivity contribution in [3.8, 4) is 11.5 Å². The van der Waals surface area contributed by atoms with Crippen LogP contribution in [0.25, 0.3) is 0 Å². The number of imide groups is 1. The van der Waals surface area contributed by atoms with Crippen LogP contribution in [0.15, 0.2) is 83.5 Å². The van der Waals surface area contributed by atoms with Crippen LogP contribution in [0.5, 0.6) is 11.5 Å². The molecule has 36 heavy (non-hydrogen) atoms. The summed E-state index contributed by atoms with van der Waals surface area (Å²) in [7, 11) is 1.53. The Morgan fingerprint density at radius 3 is 2.31 bits per heavy atom. The lowest BCUT2D eigenvalue weighted by molar-refractivity contribution is -0.120. The first kappa shape index (κ1) is 25.0. The van der Waals surface area contributed by atoms with E-state index >= 15 is 0 Å². The molecule has 0 bridgehead atoms. The fraction of sp³-hybridized carbons (Fsp3) is 0.179. The van der Waals surface area contributed by atoms with Gasteiger partial charge >= 0.3 is 5.97 Å². The van der Waals surface area contributed by atoms with Crippen molar-refractivity contribution in [3.05, 3.63) is 94.7 Å². The summed E-state index contributed by atoms with van der Waals surface area (Å²) < 4.78 is 10.5. The second-order valence-corrected chi connectivity index (χ2v) is 8.55. The number of unbranched alkanes of at least 4 members (excludes halogenated alkanes) is 1. The molecule has 4 rings (SSSR count). The van der Waals surface area contributed by atoms with E-state index in [0.717, 1.165) is 29.7 Å². The molecule has 1 heterocycles. The molecule has 184 valence electrons. The number of aryl methyl sites for hydroxylation is 1. The molecule has 3 aromatic carbocycles. The minimum Gasteiger partial charge on any atom is -0.497 e. The standard InChI is InChI=1S/C28H25ClN2O5/c1-3-4-6-18-9-15-21(16-10-18)31-26(32)24(29)25(27(31)33)30-20-13-11-19(12-14-20)28(34)36-23-8-5-7-22(17-23)35-2/h5,7-17,30H,3-4,6H2,1-2H3. The van der Waals surface area contributed by atoms with Crippen molar-refractivity contribution in [3.63, 3.8) is 0 Å². The van der Waals surface area contributed by atoms with Crippen LogP contribution in [0, 0.1) is 0 Å². The van der Waals surface area contributed by atoms with Crippen LogP contribution in [-0.4, -0.2) is 24.9 Å². The molecule has 0 spiro atoms. The predicted octanol–water partition coefficient (Wildman–Crippen LogP) is 5.69. The molecule has 0 unspecified atom stereocenters. The highest BCUT2D eigenvalue weighted by molar-refractivity contribution is 6.53. The summed E-state index contributed by atoms with van der Waals surface area (Å²) in [6.45, 7) is 2.12. The molecule has 3 aromatic rings. The second kappa shape index (κ2) is 11.1. The van der Waals surface area contributed by atoms with Crippen molar-refractivity contribution >= 4 is 40.8 Å². The minimum atomic E-state index is -0.594. The van der Waals surface area contributed by atoms with Crippen molar-refractivity contribution in [1.82, 2.24) is 0 Å². The van der Waals surface area contributed by atoms with E-state index in [9.17, 15) is 14.4 Å². The van der Waals surface area contributed by atoms with Gasteiger partial charge in [0.2, 0.25) is 0 Å². The topological polar surface area (TPSA) is 84.9 Å². The van der Waals surface area contributed by atoms with E-state index in [4.69, 9.17) is 21.1 Å². The normalized spacial score (nSPS) is 13.2. The van der Waals surface area contributed by atoms with E-state index in [1.807, 2.05) is 12.1 Å². The zero-order valence-electron chi connectivity index (χ0n) is 19.9. The molecule has 2 amide bonds. The molecule has 0 atom stereocenters. The summed E-state index contributed by atoms with van der Waals surface area (Å²) in [5, 5.41) is 2.71. The maximum atomic E-state index is 13.0. The third-order valence-corrected chi connectivity index (χ3v) is 6.03. The molecular formula is C28H25ClN2O5. The second-order valence-electron chi connectivity index (χ2n) is 8.18. The Labute approximate surface area is 214 Å². The fourth-order valence-corrected chi connectivity index (χ4v) is 3.92. The van der Waals surface area contributed by atoms with E-state index < -0.39 is 17.8 Å². The number of nitrogens with one attached hydrogen (secondary N) is 1. The summed E-state index contributed by atoms with van der Waals surface area (Å²) in [5.74, 6) is -0.765. The average molecular weight is 505 g/mol. The summed E-state index contributed by atoms with van der Waals surface area (Å²) in [6.07, 6.45) is 3.09. The maximum absolute atomic E-state index is 13.0. The number of methoxy groups -OCH3 is 1. The molecule has 8 heteroatoms. The van der Waals surface area contributed by atoms with E-state index in [1.165, 1.54) is 7.11 Å². The van der Waals surface area contributed by atoms with E-state index in [0.29, 0.717) is 28.4 Å². The average Bonchev–Trinajstić information content (AvgIpc) is 3.11. The first-order valence-electron chi connectivity index (χ1n) is 11.5. The number of nitrogens with zero attached hydrogens (tertiary/aromatic N) is 1. The highest BCUT2D eigenvalue weighted by Gasteiger charge is 2.38. The SMILES string of the molecule is CCCCc1ccc(N2C(=O)C(Cl)=C(Nc3ccc(C(=O)Oc4cccc(OC)c4)cc3)C2=O)cc1. The van der Waals surface area contributed by atoms with Crippen molar-refractivity contribution in [2.75, 3.05) is 17.3 Å². The summed E-state index contributed by atoms with van der Waals surface area (Å²) in [6, 6.07) is 20.3. The number of halogens is 1. The Morgan fingerprint density at radius 2 is 1.64 bits per heavy atom. The van der Waals surface area contributed by atoms with Gasteiger partial charge in [0, 0.05) is 11.8 Å². The van der Waals surface area contributed by atoms with Gasteiger partial charge in [0.05, 0.1) is 18.4 Å². The van der Waals surface area contributed by atoms with Crippen LogP contribution in [0.2, 0.25) is 0 Å². The number of rotatable bonds is 9. The molecule has 0 radical (unpaired) electrons. The van der Waals surface area contributed by atoms with E-state index in [2.05, 4.69) is 12.2 Å². The maximum Gasteiger partial charge on any atom is 0.343 e. The number of hydrogen-bond donors (Lipinski definition) is 1. The number of benzene rings is 3. The quantitative estimate of drug-likeness (QED) is 0.229. The minimum absolute atomic E-state index is 0.0246. The Morgan fingerprint density at radius 1 is 0.944 bits per heavy atom. The molecule has 1 aliphatic rings. The van der Waals surface area contributed by atoms with Crippen LogP contribution in [0.4, 0.5) is 11.4 Å². The molecule has 0 saturated carbocycles. The molecule has 1 N–H and O–H groups in total. The molecular weight excluding hydrogens is 480 g/mol. The third kappa shape index (κ3) is 5.42. The lowest BCUT2D eigenvalue weighted by Crippen LogP contribution is -2.32. The number of esters is 1. The highest BCUT2D eigenvalue weighted by Crippen LogP contribution is 2.30. The summed E-state index contributed by atoms with van der Waals surface area (Å²) >= 11 is 6.24. The number of ether oxygens (including phenoxy) is 2. The number of anilines is 2. The number of hydrogen-bond acceptors (Lipinski definition) is 6. The Hall–Kier alpha value is -4.10. The zero-order chi connectivity index (χ0) is 25.7. The van der Waals surface area contributed by atoms with Gasteiger partial charge in [0.1, 0.15) is 22.2 Å². The zero-order valence-corrected chi connectivity index (χ0v) is 20.7. The van der Waals surface area contributed by atoms with Crippen LogP contribution in [0.3, 0.4) is 0 Å². The molecule has 1 aliphatic heterocycles. The summed E-state index contributed by atoms with van der Waals surface area (Å²) in [4.78, 5) is 39.3. The van der Waals surface area contributed by atoms with Gasteiger partial charge in [-0.2, -0.15) is 0 Å². The predicted molar refractivity (Wildman–Crippen MR) is 138 cm³/mol. The Kier molecular flexibility index (Phi) is 7.71. The van der Waals surface area contributed by atoms with Gasteiger partial charge in [0.25, 0.3) is 11.8 Å². The Bertz CT molecular complexity index is 1320. The lowest BCUT2D eigenvalue weighted by Gasteiger charge is -2.15. The Balaban J connectivity index is 1.43. The molecule has 0 aliphatic carbocycles. The van der Waals surface area contributed by atoms with Crippen molar-refractivity contribution in [2.45, 2.75) is 26.2 Å². The smallest absolute Gasteiger partial charge is 0.343 e. The van der Waals surface area contributed by atoms with Gasteiger partial charge in [0.15, 0.2) is 0 Å². The monoisotopic (exact) mass is 504 g/mol. The fourth-order valence-electron chi connectivity index (χ4n) is 3.70. The van der Waals surface area contributed by atoms with Crippen LogP contribution in [-0.2, 0) is 16.0 Å². The summed E-state index contributed by atoms with van der Waals surface area (Å²) in [5.41, 5.74) is 2.36. The first-order valence-corrected chi connectivity index (χ1v) is 11.9. The van der Waals surface area contributed by atoms with Crippen LogP contribution in [0.1, 0.15) is 35.7 Å². The third-order valence-electron chi connectivity index (χ3n) is 5.68. The van der Waals surface area contributed by atoms with Gasteiger partial charge in [-0.05, 0) is 66.9 Å². The lowest BCUT2D eigenvalue weighted by atomic mass is 10.1. The van der Waals surface area contributed by atoms with Gasteiger partial charge in [-0.25, -0.2) is 9.69 Å². The first-order chi connectivity index (χ1) is 17.4. The van der Waals surface area contributed by atoms with Gasteiger partial charge < -0.3 is 14.8 Å². The van der Waals surface area contributed by atoms with Crippen LogP contribution >= 0.6 is 11.6 Å².